The van der Waals surface area contributed by atoms with Gasteiger partial charge < -0.3 is 10.5 Å². The topological polar surface area (TPSA) is 70.4 Å². The Hall–Kier alpha value is -3.09. The third-order valence-electron chi connectivity index (χ3n) is 4.42. The molecule has 2 aromatic heterocycles. The number of nitrogens with zero attached hydrogens (tertiary/aromatic N) is 3. The van der Waals surface area contributed by atoms with Gasteiger partial charge in [-0.3, -0.25) is 14.6 Å². The van der Waals surface area contributed by atoms with E-state index in [1.807, 2.05) is 29.9 Å². The summed E-state index contributed by atoms with van der Waals surface area (Å²) in [6.07, 6.45) is 5.22. The number of rotatable bonds is 6. The average Bonchev–Trinajstić information content (AvgIpc) is 2.95. The van der Waals surface area contributed by atoms with E-state index in [2.05, 4.69) is 10.4 Å². The SMILES string of the molecule is Cc1cn(NCCCc2ccncc2F)c2ccc(N(C)C(=O)O)cc12. The highest BCUT2D eigenvalue weighted by Crippen LogP contribution is 2.25. The van der Waals surface area contributed by atoms with E-state index < -0.39 is 6.09 Å². The van der Waals surface area contributed by atoms with Crippen LogP contribution in [0.25, 0.3) is 10.9 Å². The average molecular weight is 356 g/mol. The van der Waals surface area contributed by atoms with Crippen LogP contribution in [0.4, 0.5) is 14.9 Å². The van der Waals surface area contributed by atoms with E-state index >= 15 is 0 Å². The number of halogens is 1. The summed E-state index contributed by atoms with van der Waals surface area (Å²) in [6, 6.07) is 7.24. The van der Waals surface area contributed by atoms with Gasteiger partial charge in [-0.2, -0.15) is 0 Å². The fourth-order valence-electron chi connectivity index (χ4n) is 2.92. The first-order valence-corrected chi connectivity index (χ1v) is 8.38. The molecule has 0 spiro atoms. The summed E-state index contributed by atoms with van der Waals surface area (Å²) < 4.78 is 15.5. The van der Waals surface area contributed by atoms with Crippen molar-refractivity contribution in [1.29, 1.82) is 0 Å². The van der Waals surface area contributed by atoms with Gasteiger partial charge in [0.2, 0.25) is 0 Å². The van der Waals surface area contributed by atoms with E-state index in [4.69, 9.17) is 5.11 Å². The molecule has 0 bridgehead atoms. The number of nitrogens with one attached hydrogen (secondary N) is 1. The quantitative estimate of drug-likeness (QED) is 0.660. The zero-order valence-electron chi connectivity index (χ0n) is 14.7. The number of carbonyl (C=O) groups is 1. The Bertz CT molecular complexity index is 938. The number of fused-ring (bicyclic) bond motifs is 1. The van der Waals surface area contributed by atoms with Crippen molar-refractivity contribution in [2.75, 3.05) is 23.9 Å². The Labute approximate surface area is 150 Å². The smallest absolute Gasteiger partial charge is 0.411 e. The second-order valence-electron chi connectivity index (χ2n) is 6.20. The minimum absolute atomic E-state index is 0.273. The standard InChI is InChI=1S/C19H21FN4O2/c1-13-12-24(22-8-3-4-14-7-9-21-11-17(14)20)18-6-5-15(10-16(13)18)23(2)19(25)26/h5-7,9-12,22H,3-4,8H2,1-2H3,(H,25,26). The number of hydrogen-bond donors (Lipinski definition) is 2. The van der Waals surface area contributed by atoms with E-state index in [1.165, 1.54) is 18.1 Å². The minimum Gasteiger partial charge on any atom is -0.465 e. The fourth-order valence-corrected chi connectivity index (χ4v) is 2.92. The number of amides is 1. The summed E-state index contributed by atoms with van der Waals surface area (Å²) in [5, 5.41) is 10.1. The summed E-state index contributed by atoms with van der Waals surface area (Å²) in [7, 11) is 1.52. The van der Waals surface area contributed by atoms with Crippen LogP contribution in [-0.4, -0.2) is 34.5 Å². The van der Waals surface area contributed by atoms with Crippen LogP contribution in [0.15, 0.2) is 42.9 Å². The van der Waals surface area contributed by atoms with Gasteiger partial charge in [0.25, 0.3) is 0 Å². The van der Waals surface area contributed by atoms with Gasteiger partial charge in [-0.25, -0.2) is 9.18 Å². The Morgan fingerprint density at radius 1 is 1.38 bits per heavy atom. The maximum absolute atomic E-state index is 13.6. The Kier molecular flexibility index (Phi) is 5.06. The molecule has 0 fully saturated rings. The predicted octanol–water partition coefficient (Wildman–Crippen LogP) is 3.77. The van der Waals surface area contributed by atoms with Crippen LogP contribution in [0, 0.1) is 12.7 Å². The van der Waals surface area contributed by atoms with Gasteiger partial charge in [0.15, 0.2) is 0 Å². The van der Waals surface area contributed by atoms with E-state index in [0.29, 0.717) is 24.2 Å². The van der Waals surface area contributed by atoms with E-state index in [-0.39, 0.29) is 5.82 Å². The molecule has 0 saturated heterocycles. The third-order valence-corrected chi connectivity index (χ3v) is 4.42. The van der Waals surface area contributed by atoms with Gasteiger partial charge in [0.1, 0.15) is 5.82 Å². The van der Waals surface area contributed by atoms with Crippen molar-refractivity contribution in [3.8, 4) is 0 Å². The highest BCUT2D eigenvalue weighted by atomic mass is 19.1. The van der Waals surface area contributed by atoms with Crippen LogP contribution < -0.4 is 10.3 Å². The van der Waals surface area contributed by atoms with E-state index in [0.717, 1.165) is 22.9 Å². The molecule has 136 valence electrons. The molecule has 2 N–H and O–H groups in total. The monoisotopic (exact) mass is 356 g/mol. The minimum atomic E-state index is -0.997. The summed E-state index contributed by atoms with van der Waals surface area (Å²) in [6.45, 7) is 2.67. The van der Waals surface area contributed by atoms with Crippen LogP contribution in [0.2, 0.25) is 0 Å². The zero-order valence-corrected chi connectivity index (χ0v) is 14.7. The Morgan fingerprint density at radius 2 is 2.19 bits per heavy atom. The molecule has 0 saturated carbocycles. The number of aryl methyl sites for hydroxylation is 2. The van der Waals surface area contributed by atoms with Crippen LogP contribution in [0.5, 0.6) is 0 Å². The molecule has 0 radical (unpaired) electrons. The van der Waals surface area contributed by atoms with Gasteiger partial charge in [-0.15, -0.1) is 0 Å². The molecular formula is C19H21FN4O2. The normalized spacial score (nSPS) is 10.9. The van der Waals surface area contributed by atoms with Gasteiger partial charge in [-0.05, 0) is 55.2 Å². The first kappa shape index (κ1) is 17.7. The van der Waals surface area contributed by atoms with Crippen molar-refractivity contribution < 1.29 is 14.3 Å². The molecular weight excluding hydrogens is 335 g/mol. The van der Waals surface area contributed by atoms with Crippen molar-refractivity contribution in [2.24, 2.45) is 0 Å². The maximum Gasteiger partial charge on any atom is 0.411 e. The fraction of sp³-hybridized carbons (Fsp3) is 0.263. The van der Waals surface area contributed by atoms with E-state index in [9.17, 15) is 9.18 Å². The summed E-state index contributed by atoms with van der Waals surface area (Å²) in [4.78, 5) is 16.1. The maximum atomic E-state index is 13.6. The number of pyridine rings is 1. The van der Waals surface area contributed by atoms with E-state index in [1.54, 1.807) is 18.3 Å². The van der Waals surface area contributed by atoms with Crippen LogP contribution in [-0.2, 0) is 6.42 Å². The summed E-state index contributed by atoms with van der Waals surface area (Å²) >= 11 is 0. The molecule has 0 aliphatic rings. The molecule has 2 heterocycles. The molecule has 0 unspecified atom stereocenters. The highest BCUT2D eigenvalue weighted by Gasteiger charge is 2.12. The molecule has 6 nitrogen and oxygen atoms in total. The predicted molar refractivity (Wildman–Crippen MR) is 99.8 cm³/mol. The second kappa shape index (κ2) is 7.43. The van der Waals surface area contributed by atoms with Gasteiger partial charge in [0.05, 0.1) is 11.7 Å². The van der Waals surface area contributed by atoms with Crippen molar-refractivity contribution in [1.82, 2.24) is 9.66 Å². The van der Waals surface area contributed by atoms with Crippen LogP contribution in [0.1, 0.15) is 17.5 Å². The molecule has 3 rings (SSSR count). The first-order valence-electron chi connectivity index (χ1n) is 8.38. The molecule has 26 heavy (non-hydrogen) atoms. The number of aromatic nitrogens is 2. The molecule has 1 aromatic carbocycles. The number of hydrogen-bond acceptors (Lipinski definition) is 3. The highest BCUT2D eigenvalue weighted by molar-refractivity contribution is 5.92. The lowest BCUT2D eigenvalue weighted by Crippen LogP contribution is -2.23. The Morgan fingerprint density at radius 3 is 2.92 bits per heavy atom. The van der Waals surface area contributed by atoms with Crippen molar-refractivity contribution in [2.45, 2.75) is 19.8 Å². The van der Waals surface area contributed by atoms with Crippen molar-refractivity contribution >= 4 is 22.7 Å². The van der Waals surface area contributed by atoms with Gasteiger partial charge in [-0.1, -0.05) is 0 Å². The molecule has 0 atom stereocenters. The van der Waals surface area contributed by atoms with Crippen LogP contribution >= 0.6 is 0 Å². The number of carboxylic acid groups (broad SMARTS) is 1. The molecule has 0 aliphatic carbocycles. The molecule has 7 heteroatoms. The van der Waals surface area contributed by atoms with Gasteiger partial charge >= 0.3 is 6.09 Å². The molecule has 1 amide bonds. The number of anilines is 1. The summed E-state index contributed by atoms with van der Waals surface area (Å²) in [5.41, 5.74) is 6.63. The van der Waals surface area contributed by atoms with Gasteiger partial charge in [0, 0.05) is 37.1 Å². The lowest BCUT2D eigenvalue weighted by Gasteiger charge is -2.14. The second-order valence-corrected chi connectivity index (χ2v) is 6.20. The molecule has 3 aromatic rings. The Balaban J connectivity index is 1.69. The first-order chi connectivity index (χ1) is 12.5. The molecule has 0 aliphatic heterocycles. The summed E-state index contributed by atoms with van der Waals surface area (Å²) in [5.74, 6) is -0.273. The van der Waals surface area contributed by atoms with Crippen LogP contribution in [0.3, 0.4) is 0 Å². The van der Waals surface area contributed by atoms with Crippen molar-refractivity contribution in [3.05, 3.63) is 59.8 Å². The van der Waals surface area contributed by atoms with Crippen molar-refractivity contribution in [3.63, 3.8) is 0 Å². The lowest BCUT2D eigenvalue weighted by atomic mass is 10.1. The lowest BCUT2D eigenvalue weighted by molar-refractivity contribution is 0.203. The third kappa shape index (κ3) is 3.61. The number of benzene rings is 1. The zero-order chi connectivity index (χ0) is 18.7. The largest absolute Gasteiger partial charge is 0.465 e.